The molecule has 2 atom stereocenters. The first-order valence-corrected chi connectivity index (χ1v) is 13.0. The molecule has 1 aromatic carbocycles. The van der Waals surface area contributed by atoms with Gasteiger partial charge in [0, 0.05) is 6.20 Å². The van der Waals surface area contributed by atoms with E-state index in [1.54, 1.807) is 6.07 Å². The molecule has 182 valence electrons. The number of carbonyl (C=O) groups is 2. The van der Waals surface area contributed by atoms with Gasteiger partial charge in [-0.15, -0.1) is 0 Å². The van der Waals surface area contributed by atoms with E-state index < -0.39 is 47.7 Å². The zero-order valence-corrected chi connectivity index (χ0v) is 19.0. The monoisotopic (exact) mass is 518 g/mol. The number of nitrogens with one attached hydrogen (secondary N) is 2. The predicted octanol–water partition coefficient (Wildman–Crippen LogP) is 1.80. The molecule has 3 amide bonds. The molecule has 2 unspecified atom stereocenters. The van der Waals surface area contributed by atoms with Crippen molar-refractivity contribution in [3.05, 3.63) is 48.2 Å². The van der Waals surface area contributed by atoms with E-state index >= 15 is 0 Å². The second-order valence-corrected chi connectivity index (χ2v) is 11.7. The molecule has 15 heteroatoms. The molecular weight excluding hydrogens is 501 g/mol. The number of hydrogen-bond acceptors (Lipinski definition) is 7. The molecule has 2 aromatic rings. The number of alkyl halides is 3. The number of halogens is 3. The molecule has 1 aliphatic carbocycles. The summed E-state index contributed by atoms with van der Waals surface area (Å²) in [6.07, 6.45) is 2.99. The number of sulfone groups is 1. The summed E-state index contributed by atoms with van der Waals surface area (Å²) in [6.45, 7) is 0. The highest BCUT2D eigenvalue weighted by atomic mass is 32.2. The Bertz CT molecular complexity index is 1390. The average molecular weight is 518 g/mol. The fraction of sp³-hybridized carbons (Fsp3) is 0.316. The van der Waals surface area contributed by atoms with Crippen LogP contribution >= 0.6 is 0 Å². The molecule has 4 rings (SSSR count). The van der Waals surface area contributed by atoms with Crippen LogP contribution in [0.15, 0.2) is 47.5 Å². The van der Waals surface area contributed by atoms with Crippen LogP contribution in [-0.4, -0.2) is 51.1 Å². The van der Waals surface area contributed by atoms with Crippen LogP contribution in [-0.2, 0) is 31.1 Å². The number of imide groups is 1. The van der Waals surface area contributed by atoms with Gasteiger partial charge in [0.1, 0.15) is 11.4 Å². The Balaban J connectivity index is 1.51. The van der Waals surface area contributed by atoms with Crippen LogP contribution in [0.3, 0.4) is 0 Å². The Kier molecular flexibility index (Phi) is 5.39. The van der Waals surface area contributed by atoms with Crippen molar-refractivity contribution >= 4 is 43.3 Å². The van der Waals surface area contributed by atoms with E-state index in [1.165, 1.54) is 12.3 Å². The number of amides is 3. The number of rotatable bonds is 6. The summed E-state index contributed by atoms with van der Waals surface area (Å²) in [5.41, 5.74) is -6.09. The van der Waals surface area contributed by atoms with Crippen molar-refractivity contribution in [2.45, 2.75) is 28.8 Å². The number of urea groups is 1. The van der Waals surface area contributed by atoms with Crippen LogP contribution in [0, 0.1) is 5.92 Å². The summed E-state index contributed by atoms with van der Waals surface area (Å²) in [5.74, 6) is -0.822. The SMILES string of the molecule is CS(=O)(=O)Nc1cc(CC2CC23NC(=O)N(c2ccc(S(=O)(=O)C(F)(F)F)cc2)C3=O)ccn1. The standard InChI is InChI=1S/C19H17F3N4O6S2/c1-33(29,30)25-15-9-11(6-7-23-15)8-12-10-18(12)16(27)26(17(28)24-18)13-2-4-14(5-3-13)34(31,32)19(20,21)22/h2-7,9,12H,8,10H2,1H3,(H,23,25)(H,24,28). The summed E-state index contributed by atoms with van der Waals surface area (Å²) in [5, 5.41) is 2.61. The summed E-state index contributed by atoms with van der Waals surface area (Å²) in [7, 11) is -9.10. The first-order valence-electron chi connectivity index (χ1n) is 9.65. The van der Waals surface area contributed by atoms with Gasteiger partial charge in [-0.25, -0.2) is 31.5 Å². The minimum absolute atomic E-state index is 0.0744. The van der Waals surface area contributed by atoms with Crippen LogP contribution in [0.1, 0.15) is 12.0 Å². The topological polar surface area (TPSA) is 143 Å². The van der Waals surface area contributed by atoms with Crippen LogP contribution in [0.25, 0.3) is 0 Å². The van der Waals surface area contributed by atoms with E-state index in [1.807, 2.05) is 0 Å². The minimum Gasteiger partial charge on any atom is -0.322 e. The molecule has 1 aliphatic heterocycles. The number of hydrogen-bond donors (Lipinski definition) is 2. The number of anilines is 2. The van der Waals surface area contributed by atoms with E-state index in [0.717, 1.165) is 23.3 Å². The second-order valence-electron chi connectivity index (χ2n) is 8.01. The van der Waals surface area contributed by atoms with Crippen molar-refractivity contribution in [1.82, 2.24) is 10.3 Å². The third-order valence-corrected chi connectivity index (χ3v) is 7.61. The highest BCUT2D eigenvalue weighted by Gasteiger charge is 2.67. The quantitative estimate of drug-likeness (QED) is 0.555. The largest absolute Gasteiger partial charge is 0.501 e. The summed E-state index contributed by atoms with van der Waals surface area (Å²) >= 11 is 0. The molecule has 10 nitrogen and oxygen atoms in total. The van der Waals surface area contributed by atoms with E-state index in [-0.39, 0.29) is 17.4 Å². The second kappa shape index (κ2) is 7.66. The van der Waals surface area contributed by atoms with E-state index in [4.69, 9.17) is 0 Å². The van der Waals surface area contributed by atoms with Gasteiger partial charge < -0.3 is 5.32 Å². The van der Waals surface area contributed by atoms with E-state index in [0.29, 0.717) is 30.5 Å². The lowest BCUT2D eigenvalue weighted by Crippen LogP contribution is -2.35. The van der Waals surface area contributed by atoms with Crippen LogP contribution in [0.2, 0.25) is 0 Å². The van der Waals surface area contributed by atoms with Gasteiger partial charge in [-0.05, 0) is 60.7 Å². The van der Waals surface area contributed by atoms with Gasteiger partial charge >= 0.3 is 11.5 Å². The zero-order chi connectivity index (χ0) is 25.1. The van der Waals surface area contributed by atoms with Gasteiger partial charge in [0.15, 0.2) is 0 Å². The Labute approximate surface area is 192 Å². The fourth-order valence-corrected chi connectivity index (χ4v) is 5.11. The first kappa shape index (κ1) is 23.9. The molecule has 2 N–H and O–H groups in total. The summed E-state index contributed by atoms with van der Waals surface area (Å²) < 4.78 is 86.2. The third kappa shape index (κ3) is 4.20. The highest BCUT2D eigenvalue weighted by molar-refractivity contribution is 7.92. The fourth-order valence-electron chi connectivity index (χ4n) is 3.86. The van der Waals surface area contributed by atoms with Gasteiger partial charge in [-0.3, -0.25) is 9.52 Å². The lowest BCUT2D eigenvalue weighted by atomic mass is 10.1. The maximum atomic E-state index is 13.0. The minimum atomic E-state index is -5.56. The van der Waals surface area contributed by atoms with Gasteiger partial charge in [0.05, 0.1) is 16.8 Å². The van der Waals surface area contributed by atoms with Crippen LogP contribution in [0.4, 0.5) is 29.5 Å². The van der Waals surface area contributed by atoms with Crippen LogP contribution < -0.4 is 14.9 Å². The molecule has 2 fully saturated rings. The Morgan fingerprint density at radius 3 is 2.38 bits per heavy atom. The molecule has 0 radical (unpaired) electrons. The highest BCUT2D eigenvalue weighted by Crippen LogP contribution is 2.50. The lowest BCUT2D eigenvalue weighted by Gasteiger charge is -2.14. The number of pyridine rings is 1. The van der Waals surface area contributed by atoms with Crippen molar-refractivity contribution in [2.75, 3.05) is 15.9 Å². The third-order valence-electron chi connectivity index (χ3n) is 5.53. The molecular formula is C19H17F3N4O6S2. The van der Waals surface area contributed by atoms with Crippen molar-refractivity contribution in [2.24, 2.45) is 5.92 Å². The molecule has 2 aliphatic rings. The first-order chi connectivity index (χ1) is 15.6. The maximum Gasteiger partial charge on any atom is 0.501 e. The molecule has 1 aromatic heterocycles. The van der Waals surface area contributed by atoms with Crippen LogP contribution in [0.5, 0.6) is 0 Å². The number of nitrogens with zero attached hydrogens (tertiary/aromatic N) is 2. The number of benzene rings is 1. The molecule has 1 saturated carbocycles. The molecule has 1 saturated heterocycles. The van der Waals surface area contributed by atoms with Crippen molar-refractivity contribution in [3.63, 3.8) is 0 Å². The summed E-state index contributed by atoms with van der Waals surface area (Å²) in [6, 6.07) is 5.64. The molecule has 0 bridgehead atoms. The normalized spacial score (nSPS) is 22.7. The number of aromatic nitrogens is 1. The number of carbonyl (C=O) groups excluding carboxylic acids is 2. The Hall–Kier alpha value is -3.20. The molecule has 1 spiro atoms. The van der Waals surface area contributed by atoms with Crippen molar-refractivity contribution < 1.29 is 39.6 Å². The predicted molar refractivity (Wildman–Crippen MR) is 113 cm³/mol. The Morgan fingerprint density at radius 2 is 1.79 bits per heavy atom. The summed E-state index contributed by atoms with van der Waals surface area (Å²) in [4.78, 5) is 29.2. The molecule has 2 heterocycles. The van der Waals surface area contributed by atoms with Gasteiger partial charge in [0.2, 0.25) is 10.0 Å². The average Bonchev–Trinajstić information content (AvgIpc) is 3.32. The van der Waals surface area contributed by atoms with E-state index in [2.05, 4.69) is 15.0 Å². The van der Waals surface area contributed by atoms with Gasteiger partial charge in [-0.1, -0.05) is 0 Å². The van der Waals surface area contributed by atoms with E-state index in [9.17, 15) is 39.6 Å². The Morgan fingerprint density at radius 1 is 1.15 bits per heavy atom. The lowest BCUT2D eigenvalue weighted by molar-refractivity contribution is -0.119. The van der Waals surface area contributed by atoms with Gasteiger partial charge in [-0.2, -0.15) is 13.2 Å². The maximum absolute atomic E-state index is 13.0. The van der Waals surface area contributed by atoms with Crippen molar-refractivity contribution in [1.29, 1.82) is 0 Å². The van der Waals surface area contributed by atoms with Crippen molar-refractivity contribution in [3.8, 4) is 0 Å². The molecule has 34 heavy (non-hydrogen) atoms. The van der Waals surface area contributed by atoms with Gasteiger partial charge in [0.25, 0.3) is 15.7 Å². The zero-order valence-electron chi connectivity index (χ0n) is 17.3. The number of sulfonamides is 1. The smallest absolute Gasteiger partial charge is 0.322 e.